The second-order valence-corrected chi connectivity index (χ2v) is 2.50. The predicted octanol–water partition coefficient (Wildman–Crippen LogP) is 0.0366. The highest BCUT2D eigenvalue weighted by Crippen LogP contribution is 2.14. The highest BCUT2D eigenvalue weighted by Gasteiger charge is 2.07. The number of nitrogens with one attached hydrogen (secondary N) is 1. The van der Waals surface area contributed by atoms with Crippen molar-refractivity contribution in [3.8, 4) is 5.88 Å². The van der Waals surface area contributed by atoms with Crippen molar-refractivity contribution in [3.05, 3.63) is 28.4 Å². The van der Waals surface area contributed by atoms with Crippen LogP contribution in [-0.4, -0.2) is 19.5 Å². The van der Waals surface area contributed by atoms with E-state index in [0.717, 1.165) is 0 Å². The minimum absolute atomic E-state index is 0.0103. The van der Waals surface area contributed by atoms with Gasteiger partial charge in [-0.05, 0) is 6.92 Å². The summed E-state index contributed by atoms with van der Waals surface area (Å²) in [6.07, 6.45) is 3.00. The maximum atomic E-state index is 11.1. The Kier molecular flexibility index (Phi) is 1.21. The number of aryl methyl sites for hydroxylation is 1. The van der Waals surface area contributed by atoms with Gasteiger partial charge in [-0.15, -0.1) is 0 Å². The van der Waals surface area contributed by atoms with Gasteiger partial charge < -0.3 is 10.1 Å². The van der Waals surface area contributed by atoms with Crippen molar-refractivity contribution in [2.24, 2.45) is 0 Å². The van der Waals surface area contributed by atoms with Crippen LogP contribution in [0.5, 0.6) is 5.88 Å². The molecule has 2 aromatic heterocycles. The molecule has 0 radical (unpaired) electrons. The van der Waals surface area contributed by atoms with Crippen LogP contribution in [0.2, 0.25) is 0 Å². The van der Waals surface area contributed by atoms with E-state index in [1.165, 1.54) is 10.6 Å². The minimum atomic E-state index is -0.305. The zero-order chi connectivity index (χ0) is 8.72. The number of rotatable bonds is 0. The van der Waals surface area contributed by atoms with Gasteiger partial charge in [0.2, 0.25) is 11.5 Å². The molecule has 0 atom stereocenters. The Morgan fingerprint density at radius 2 is 2.42 bits per heavy atom. The summed E-state index contributed by atoms with van der Waals surface area (Å²) >= 11 is 0. The average molecular weight is 165 g/mol. The maximum Gasteiger partial charge on any atom is 0.291 e. The Bertz CT molecular complexity index is 483. The second-order valence-electron chi connectivity index (χ2n) is 2.50. The molecule has 5 nitrogen and oxygen atoms in total. The van der Waals surface area contributed by atoms with Crippen molar-refractivity contribution < 1.29 is 5.11 Å². The quantitative estimate of drug-likeness (QED) is 0.578. The Labute approximate surface area is 67.3 Å². The molecule has 62 valence electrons. The summed E-state index contributed by atoms with van der Waals surface area (Å²) in [7, 11) is 0. The van der Waals surface area contributed by atoms with Crippen LogP contribution in [0.1, 0.15) is 5.69 Å². The number of imidazole rings is 1. The molecule has 2 N–H and O–H groups in total. The fourth-order valence-corrected chi connectivity index (χ4v) is 1.09. The molecule has 0 aliphatic heterocycles. The number of aromatic nitrogens is 3. The number of nitrogens with zero attached hydrogens (tertiary/aromatic N) is 2. The summed E-state index contributed by atoms with van der Waals surface area (Å²) in [5.41, 5.74) is 0.361. The molecule has 0 aliphatic carbocycles. The Morgan fingerprint density at radius 3 is 3.08 bits per heavy atom. The van der Waals surface area contributed by atoms with E-state index in [4.69, 9.17) is 0 Å². The van der Waals surface area contributed by atoms with Crippen LogP contribution < -0.4 is 5.56 Å². The number of hydrogen-bond donors (Lipinski definition) is 2. The van der Waals surface area contributed by atoms with Gasteiger partial charge in [-0.2, -0.15) is 0 Å². The largest absolute Gasteiger partial charge is 0.493 e. The Balaban J connectivity index is 3.05. The molecule has 5 heteroatoms. The SMILES string of the molecule is Cc1nc2c(=O)[nH]ccn2c1O. The third kappa shape index (κ3) is 0.730. The minimum Gasteiger partial charge on any atom is -0.493 e. The molecule has 2 heterocycles. The predicted molar refractivity (Wildman–Crippen MR) is 42.2 cm³/mol. The van der Waals surface area contributed by atoms with Crippen molar-refractivity contribution in [1.29, 1.82) is 0 Å². The molecule has 0 saturated heterocycles. The topological polar surface area (TPSA) is 70.4 Å². The molecular formula is C7H7N3O2. The highest BCUT2D eigenvalue weighted by atomic mass is 16.3. The zero-order valence-corrected chi connectivity index (χ0v) is 6.40. The van der Waals surface area contributed by atoms with Crippen LogP contribution >= 0.6 is 0 Å². The van der Waals surface area contributed by atoms with Crippen molar-refractivity contribution in [2.75, 3.05) is 0 Å². The number of aromatic amines is 1. The lowest BCUT2D eigenvalue weighted by Crippen LogP contribution is -2.08. The van der Waals surface area contributed by atoms with E-state index in [1.54, 1.807) is 13.1 Å². The van der Waals surface area contributed by atoms with Gasteiger partial charge in [0.25, 0.3) is 5.56 Å². The van der Waals surface area contributed by atoms with Crippen LogP contribution in [0.4, 0.5) is 0 Å². The van der Waals surface area contributed by atoms with Gasteiger partial charge in [-0.25, -0.2) is 4.98 Å². The molecule has 0 fully saturated rings. The Hall–Kier alpha value is -1.78. The van der Waals surface area contributed by atoms with Crippen LogP contribution in [0.15, 0.2) is 17.2 Å². The van der Waals surface area contributed by atoms with Gasteiger partial charge in [-0.1, -0.05) is 0 Å². The van der Waals surface area contributed by atoms with Gasteiger partial charge in [-0.3, -0.25) is 9.20 Å². The molecular weight excluding hydrogens is 158 g/mol. The molecule has 0 unspecified atom stereocenters. The normalized spacial score (nSPS) is 10.8. The summed E-state index contributed by atoms with van der Waals surface area (Å²) in [6.45, 7) is 1.64. The van der Waals surface area contributed by atoms with Gasteiger partial charge in [0.15, 0.2) is 0 Å². The van der Waals surface area contributed by atoms with Crippen LogP contribution in [-0.2, 0) is 0 Å². The summed E-state index contributed by atoms with van der Waals surface area (Å²) < 4.78 is 1.34. The van der Waals surface area contributed by atoms with E-state index in [2.05, 4.69) is 9.97 Å². The van der Waals surface area contributed by atoms with Crippen molar-refractivity contribution in [2.45, 2.75) is 6.92 Å². The summed E-state index contributed by atoms with van der Waals surface area (Å²) in [6, 6.07) is 0. The number of hydrogen-bond acceptors (Lipinski definition) is 3. The average Bonchev–Trinajstić information content (AvgIpc) is 2.32. The first-order valence-electron chi connectivity index (χ1n) is 3.45. The van der Waals surface area contributed by atoms with Crippen molar-refractivity contribution in [1.82, 2.24) is 14.4 Å². The number of aromatic hydroxyl groups is 1. The van der Waals surface area contributed by atoms with Gasteiger partial charge >= 0.3 is 0 Å². The van der Waals surface area contributed by atoms with E-state index in [0.29, 0.717) is 5.69 Å². The summed E-state index contributed by atoms with van der Waals surface area (Å²) in [5.74, 6) is 0.0103. The lowest BCUT2D eigenvalue weighted by atomic mass is 10.5. The molecule has 0 spiro atoms. The lowest BCUT2D eigenvalue weighted by molar-refractivity contribution is 0.444. The smallest absolute Gasteiger partial charge is 0.291 e. The third-order valence-electron chi connectivity index (χ3n) is 1.69. The first-order chi connectivity index (χ1) is 5.70. The number of H-pyrrole nitrogens is 1. The highest BCUT2D eigenvalue weighted by molar-refractivity contribution is 5.42. The first-order valence-corrected chi connectivity index (χ1v) is 3.45. The van der Waals surface area contributed by atoms with E-state index in [1.807, 2.05) is 0 Å². The van der Waals surface area contributed by atoms with E-state index < -0.39 is 0 Å². The fourth-order valence-electron chi connectivity index (χ4n) is 1.09. The van der Waals surface area contributed by atoms with Crippen molar-refractivity contribution >= 4 is 5.65 Å². The van der Waals surface area contributed by atoms with Crippen LogP contribution in [0.3, 0.4) is 0 Å². The number of fused-ring (bicyclic) bond motifs is 1. The zero-order valence-electron chi connectivity index (χ0n) is 6.40. The maximum absolute atomic E-state index is 11.1. The summed E-state index contributed by atoms with van der Waals surface area (Å²) in [5, 5.41) is 9.37. The molecule has 0 amide bonds. The second kappa shape index (κ2) is 2.10. The Morgan fingerprint density at radius 1 is 1.67 bits per heavy atom. The molecule has 12 heavy (non-hydrogen) atoms. The lowest BCUT2D eigenvalue weighted by Gasteiger charge is -1.91. The monoisotopic (exact) mass is 165 g/mol. The molecule has 2 rings (SSSR count). The van der Waals surface area contributed by atoms with E-state index in [9.17, 15) is 9.90 Å². The van der Waals surface area contributed by atoms with Crippen molar-refractivity contribution in [3.63, 3.8) is 0 Å². The summed E-state index contributed by atoms with van der Waals surface area (Å²) in [4.78, 5) is 17.4. The van der Waals surface area contributed by atoms with Crippen LogP contribution in [0, 0.1) is 6.92 Å². The third-order valence-corrected chi connectivity index (χ3v) is 1.69. The van der Waals surface area contributed by atoms with E-state index >= 15 is 0 Å². The van der Waals surface area contributed by atoms with E-state index in [-0.39, 0.29) is 17.1 Å². The van der Waals surface area contributed by atoms with Gasteiger partial charge in [0.05, 0.1) is 0 Å². The van der Waals surface area contributed by atoms with Gasteiger partial charge in [0.1, 0.15) is 5.69 Å². The fraction of sp³-hybridized carbons (Fsp3) is 0.143. The standard InChI is InChI=1S/C7H7N3O2/c1-4-7(12)10-3-2-8-6(11)5(10)9-4/h2-3,12H,1H3,(H,8,11). The van der Waals surface area contributed by atoms with Crippen LogP contribution in [0.25, 0.3) is 5.65 Å². The molecule has 0 aliphatic rings. The first kappa shape index (κ1) is 6.90. The molecule has 0 aromatic carbocycles. The molecule has 2 aromatic rings. The molecule has 0 saturated carbocycles. The molecule has 0 bridgehead atoms. The van der Waals surface area contributed by atoms with Gasteiger partial charge in [0, 0.05) is 12.4 Å².